The van der Waals surface area contributed by atoms with Crippen LogP contribution in [-0.2, 0) is 4.79 Å². The number of hydrogen-bond acceptors (Lipinski definition) is 3. The molecule has 0 radical (unpaired) electrons. The number of hydrogen-bond donors (Lipinski definition) is 3. The zero-order valence-corrected chi connectivity index (χ0v) is 14.0. The normalized spacial score (nSPS) is 17.4. The summed E-state index contributed by atoms with van der Waals surface area (Å²) in [6.45, 7) is 3.82. The number of likely N-dealkylation sites (tertiary alicyclic amines) is 1. The number of rotatable bonds is 5. The molecule has 0 saturated carbocycles. The number of aromatic amines is 1. The summed E-state index contributed by atoms with van der Waals surface area (Å²) in [7, 11) is 0. The smallest absolute Gasteiger partial charge is 0.268 e. The summed E-state index contributed by atoms with van der Waals surface area (Å²) in [5.74, 6) is 0.00490. The molecule has 4 N–H and O–H groups in total. The van der Waals surface area contributed by atoms with Gasteiger partial charge < -0.3 is 20.9 Å². The second-order valence-corrected chi connectivity index (χ2v) is 6.41. The minimum atomic E-state index is -0.119. The third kappa shape index (κ3) is 3.43. The van der Waals surface area contributed by atoms with Crippen LogP contribution in [0.15, 0.2) is 24.3 Å². The van der Waals surface area contributed by atoms with Crippen molar-refractivity contribution >= 4 is 22.7 Å². The molecule has 1 atom stereocenters. The van der Waals surface area contributed by atoms with Gasteiger partial charge in [-0.3, -0.25) is 9.59 Å². The van der Waals surface area contributed by atoms with Crippen molar-refractivity contribution in [3.05, 3.63) is 35.5 Å². The van der Waals surface area contributed by atoms with Crippen molar-refractivity contribution < 1.29 is 9.59 Å². The van der Waals surface area contributed by atoms with E-state index in [2.05, 4.69) is 10.3 Å². The second kappa shape index (κ2) is 7.05. The molecule has 1 unspecified atom stereocenters. The summed E-state index contributed by atoms with van der Waals surface area (Å²) < 4.78 is 0. The number of fused-ring (bicyclic) bond motifs is 1. The number of para-hydroxylation sites is 1. The molecule has 24 heavy (non-hydrogen) atoms. The number of carbonyl (C=O) groups is 2. The van der Waals surface area contributed by atoms with Gasteiger partial charge in [0.2, 0.25) is 5.91 Å². The first-order valence-corrected chi connectivity index (χ1v) is 8.45. The minimum Gasteiger partial charge on any atom is -0.350 e. The Morgan fingerprint density at radius 2 is 2.25 bits per heavy atom. The molecule has 2 aromatic rings. The zero-order chi connectivity index (χ0) is 17.1. The number of nitrogens with two attached hydrogens (primary N) is 1. The van der Waals surface area contributed by atoms with E-state index in [0.717, 1.165) is 22.9 Å². The largest absolute Gasteiger partial charge is 0.350 e. The van der Waals surface area contributed by atoms with Crippen molar-refractivity contribution in [1.29, 1.82) is 0 Å². The molecule has 6 nitrogen and oxygen atoms in total. The fourth-order valence-corrected chi connectivity index (χ4v) is 3.21. The summed E-state index contributed by atoms with van der Waals surface area (Å²) in [6.07, 6.45) is 1.98. The van der Waals surface area contributed by atoms with Gasteiger partial charge in [-0.25, -0.2) is 0 Å². The van der Waals surface area contributed by atoms with E-state index in [-0.39, 0.29) is 17.9 Å². The van der Waals surface area contributed by atoms with Crippen LogP contribution in [0.1, 0.15) is 35.3 Å². The van der Waals surface area contributed by atoms with Gasteiger partial charge >= 0.3 is 0 Å². The Kier molecular flexibility index (Phi) is 4.85. The first-order valence-electron chi connectivity index (χ1n) is 8.45. The van der Waals surface area contributed by atoms with Crippen molar-refractivity contribution in [3.8, 4) is 0 Å². The highest BCUT2D eigenvalue weighted by Gasteiger charge is 2.27. The van der Waals surface area contributed by atoms with Crippen LogP contribution < -0.4 is 11.1 Å². The molecule has 1 fully saturated rings. The number of carbonyl (C=O) groups excluding carboxylic acids is 2. The van der Waals surface area contributed by atoms with Crippen LogP contribution in [0.3, 0.4) is 0 Å². The van der Waals surface area contributed by atoms with Crippen LogP contribution in [0.5, 0.6) is 0 Å². The lowest BCUT2D eigenvalue weighted by Gasteiger charge is -2.16. The molecule has 1 aliphatic heterocycles. The summed E-state index contributed by atoms with van der Waals surface area (Å²) in [5.41, 5.74) is 8.11. The molecular formula is C18H24N4O2. The highest BCUT2D eigenvalue weighted by molar-refractivity contribution is 5.98. The number of amides is 2. The average molecular weight is 328 g/mol. The molecule has 2 amide bonds. The first kappa shape index (κ1) is 16.5. The van der Waals surface area contributed by atoms with Gasteiger partial charge in [0.05, 0.1) is 0 Å². The fourth-order valence-electron chi connectivity index (χ4n) is 3.21. The predicted molar refractivity (Wildman–Crippen MR) is 93.8 cm³/mol. The summed E-state index contributed by atoms with van der Waals surface area (Å²) in [4.78, 5) is 29.5. The molecule has 0 bridgehead atoms. The van der Waals surface area contributed by atoms with E-state index in [1.54, 1.807) is 0 Å². The highest BCUT2D eigenvalue weighted by atomic mass is 16.2. The number of aromatic nitrogens is 1. The maximum absolute atomic E-state index is 12.5. The lowest BCUT2D eigenvalue weighted by Crippen LogP contribution is -2.38. The molecule has 1 aromatic heterocycles. The Balaban J connectivity index is 1.61. The summed E-state index contributed by atoms with van der Waals surface area (Å²) in [5, 5.41) is 4.06. The fraction of sp³-hybridized carbons (Fsp3) is 0.444. The predicted octanol–water partition coefficient (Wildman–Crippen LogP) is 1.55. The molecule has 1 saturated heterocycles. The lowest BCUT2D eigenvalue weighted by molar-refractivity contribution is -0.130. The van der Waals surface area contributed by atoms with Crippen LogP contribution in [0.25, 0.3) is 10.9 Å². The first-order chi connectivity index (χ1) is 11.6. The van der Waals surface area contributed by atoms with E-state index in [9.17, 15) is 9.59 Å². The molecule has 2 heterocycles. The molecule has 1 aromatic carbocycles. The maximum Gasteiger partial charge on any atom is 0.268 e. The zero-order valence-electron chi connectivity index (χ0n) is 14.0. The van der Waals surface area contributed by atoms with Gasteiger partial charge in [0.15, 0.2) is 0 Å². The minimum absolute atomic E-state index is 0.00633. The summed E-state index contributed by atoms with van der Waals surface area (Å²) >= 11 is 0. The molecule has 3 rings (SSSR count). The van der Waals surface area contributed by atoms with Gasteiger partial charge in [0, 0.05) is 36.5 Å². The molecule has 6 heteroatoms. The maximum atomic E-state index is 12.5. The van der Waals surface area contributed by atoms with Gasteiger partial charge in [-0.1, -0.05) is 18.2 Å². The number of nitrogens with one attached hydrogen (secondary N) is 2. The second-order valence-electron chi connectivity index (χ2n) is 6.41. The van der Waals surface area contributed by atoms with Crippen molar-refractivity contribution in [2.24, 2.45) is 5.73 Å². The summed E-state index contributed by atoms with van der Waals surface area (Å²) in [6, 6.07) is 7.86. The third-order valence-corrected chi connectivity index (χ3v) is 4.58. The van der Waals surface area contributed by atoms with E-state index >= 15 is 0 Å². The van der Waals surface area contributed by atoms with Crippen LogP contribution in [0.2, 0.25) is 0 Å². The molecular weight excluding hydrogens is 304 g/mol. The standard InChI is InChI=1S/C18H24N4O2/c1-12-4-2-5-13-10-15(21-17(12)13)18(24)20-14-7-9-22(11-14)16(23)6-3-8-19/h2,4-5,10,14,21H,3,6-9,11,19H2,1H3,(H,20,24). The molecule has 0 spiro atoms. The van der Waals surface area contributed by atoms with E-state index < -0.39 is 0 Å². The van der Waals surface area contributed by atoms with Crippen LogP contribution >= 0.6 is 0 Å². The van der Waals surface area contributed by atoms with Gasteiger partial charge in [-0.2, -0.15) is 0 Å². The SMILES string of the molecule is Cc1cccc2cc(C(=O)NC3CCN(C(=O)CCCN)C3)[nH]c12. The van der Waals surface area contributed by atoms with Crippen molar-refractivity contribution in [2.75, 3.05) is 19.6 Å². The number of benzene rings is 1. The average Bonchev–Trinajstić information content (AvgIpc) is 3.20. The van der Waals surface area contributed by atoms with E-state index in [4.69, 9.17) is 5.73 Å². The van der Waals surface area contributed by atoms with Crippen LogP contribution in [0.4, 0.5) is 0 Å². The Morgan fingerprint density at radius 1 is 1.42 bits per heavy atom. The number of H-pyrrole nitrogens is 1. The Labute approximate surface area is 141 Å². The van der Waals surface area contributed by atoms with Gasteiger partial charge in [-0.05, 0) is 37.9 Å². The van der Waals surface area contributed by atoms with Gasteiger partial charge in [-0.15, -0.1) is 0 Å². The van der Waals surface area contributed by atoms with Crippen molar-refractivity contribution in [1.82, 2.24) is 15.2 Å². The van der Waals surface area contributed by atoms with Gasteiger partial charge in [0.25, 0.3) is 5.91 Å². The van der Waals surface area contributed by atoms with E-state index in [1.807, 2.05) is 36.1 Å². The van der Waals surface area contributed by atoms with Crippen LogP contribution in [0, 0.1) is 6.92 Å². The monoisotopic (exact) mass is 328 g/mol. The topological polar surface area (TPSA) is 91.2 Å². The Morgan fingerprint density at radius 3 is 3.00 bits per heavy atom. The molecule has 128 valence electrons. The molecule has 1 aliphatic rings. The Bertz CT molecular complexity index is 753. The molecule has 0 aliphatic carbocycles. The van der Waals surface area contributed by atoms with E-state index in [1.165, 1.54) is 0 Å². The highest BCUT2D eigenvalue weighted by Crippen LogP contribution is 2.19. The third-order valence-electron chi connectivity index (χ3n) is 4.58. The number of aryl methyl sites for hydroxylation is 1. The lowest BCUT2D eigenvalue weighted by atomic mass is 10.2. The quantitative estimate of drug-likeness (QED) is 0.777. The number of nitrogens with zero attached hydrogens (tertiary/aromatic N) is 1. The van der Waals surface area contributed by atoms with Gasteiger partial charge in [0.1, 0.15) is 5.69 Å². The van der Waals surface area contributed by atoms with Crippen LogP contribution in [-0.4, -0.2) is 47.4 Å². The Hall–Kier alpha value is -2.34. The van der Waals surface area contributed by atoms with Crippen molar-refractivity contribution in [2.45, 2.75) is 32.2 Å². The van der Waals surface area contributed by atoms with Crippen molar-refractivity contribution in [3.63, 3.8) is 0 Å². The van der Waals surface area contributed by atoms with E-state index in [0.29, 0.717) is 38.2 Å².